The van der Waals surface area contributed by atoms with Gasteiger partial charge < -0.3 is 9.47 Å². The zero-order valence-corrected chi connectivity index (χ0v) is 10.8. The van der Waals surface area contributed by atoms with Gasteiger partial charge in [-0.15, -0.1) is 0 Å². The molecule has 0 amide bonds. The van der Waals surface area contributed by atoms with Crippen molar-refractivity contribution in [2.75, 3.05) is 0 Å². The fourth-order valence-electron chi connectivity index (χ4n) is 1.39. The normalized spacial score (nSPS) is 18.3. The van der Waals surface area contributed by atoms with Crippen LogP contribution in [0, 0.1) is 0 Å². The highest BCUT2D eigenvalue weighted by atomic mass is 35.5. The summed E-state index contributed by atoms with van der Waals surface area (Å²) < 4.78 is 9.76. The van der Waals surface area contributed by atoms with Crippen LogP contribution in [-0.4, -0.2) is 18.2 Å². The van der Waals surface area contributed by atoms with Gasteiger partial charge in [0.25, 0.3) is 6.29 Å². The number of rotatable bonds is 2. The minimum atomic E-state index is -1.01. The lowest BCUT2D eigenvalue weighted by molar-refractivity contribution is -0.151. The number of cyclic esters (lactones) is 1. The minimum absolute atomic E-state index is 0.123. The Kier molecular flexibility index (Phi) is 3.59. The van der Waals surface area contributed by atoms with Crippen molar-refractivity contribution in [2.24, 2.45) is 0 Å². The molecule has 1 heterocycles. The van der Waals surface area contributed by atoms with Crippen LogP contribution in [0.25, 0.3) is 0 Å². The second-order valence-electron chi connectivity index (χ2n) is 3.65. The van der Waals surface area contributed by atoms with Gasteiger partial charge in [0.1, 0.15) is 0 Å². The van der Waals surface area contributed by atoms with Gasteiger partial charge in [-0.3, -0.25) is 0 Å². The van der Waals surface area contributed by atoms with E-state index in [0.29, 0.717) is 10.6 Å². The first-order valence-electron chi connectivity index (χ1n) is 5.03. The SMILES string of the molecule is CC1=C[C@H](OC(=O)c2cc(Cl)ccc2Cl)OC1=O. The molecule has 0 saturated carbocycles. The number of carbonyl (C=O) groups excluding carboxylic acids is 2. The summed E-state index contributed by atoms with van der Waals surface area (Å²) in [6.07, 6.45) is 0.402. The Bertz CT molecular complexity index is 551. The molecule has 2 rings (SSSR count). The molecule has 4 nitrogen and oxygen atoms in total. The largest absolute Gasteiger partial charge is 0.418 e. The highest BCUT2D eigenvalue weighted by Gasteiger charge is 2.26. The average molecular weight is 287 g/mol. The summed E-state index contributed by atoms with van der Waals surface area (Å²) in [5.41, 5.74) is 0.517. The zero-order valence-electron chi connectivity index (χ0n) is 9.28. The molecule has 94 valence electrons. The van der Waals surface area contributed by atoms with Gasteiger partial charge in [-0.05, 0) is 25.1 Å². The highest BCUT2D eigenvalue weighted by molar-refractivity contribution is 6.35. The van der Waals surface area contributed by atoms with E-state index < -0.39 is 18.2 Å². The molecule has 0 bridgehead atoms. The first kappa shape index (κ1) is 12.9. The fourth-order valence-corrected chi connectivity index (χ4v) is 1.75. The summed E-state index contributed by atoms with van der Waals surface area (Å²) >= 11 is 11.6. The maximum Gasteiger partial charge on any atom is 0.343 e. The van der Waals surface area contributed by atoms with Gasteiger partial charge in [0, 0.05) is 16.7 Å². The first-order valence-corrected chi connectivity index (χ1v) is 5.78. The standard InChI is InChI=1S/C12H8Cl2O4/c1-6-4-10(17-11(6)15)18-12(16)8-5-7(13)2-3-9(8)14/h2-5,10H,1H3/t10-/m0/s1. The zero-order chi connectivity index (χ0) is 13.3. The van der Waals surface area contributed by atoms with E-state index in [1.807, 2.05) is 0 Å². The van der Waals surface area contributed by atoms with E-state index in [-0.39, 0.29) is 10.6 Å². The van der Waals surface area contributed by atoms with Crippen LogP contribution in [0.5, 0.6) is 0 Å². The Morgan fingerprint density at radius 3 is 2.72 bits per heavy atom. The summed E-state index contributed by atoms with van der Waals surface area (Å²) in [7, 11) is 0. The minimum Gasteiger partial charge on any atom is -0.418 e. The molecule has 1 atom stereocenters. The van der Waals surface area contributed by atoms with Gasteiger partial charge in [-0.25, -0.2) is 9.59 Å². The number of hydrogen-bond acceptors (Lipinski definition) is 4. The van der Waals surface area contributed by atoms with Crippen molar-refractivity contribution in [3.63, 3.8) is 0 Å². The number of esters is 2. The quantitative estimate of drug-likeness (QED) is 0.785. The summed E-state index contributed by atoms with van der Waals surface area (Å²) in [5, 5.41) is 0.580. The van der Waals surface area contributed by atoms with Crippen LogP contribution >= 0.6 is 23.2 Å². The summed E-state index contributed by atoms with van der Waals surface area (Å²) in [6.45, 7) is 1.57. The number of carbonyl (C=O) groups is 2. The molecule has 0 spiro atoms. The second kappa shape index (κ2) is 5.00. The Morgan fingerprint density at radius 2 is 2.11 bits per heavy atom. The van der Waals surface area contributed by atoms with Crippen molar-refractivity contribution in [1.29, 1.82) is 0 Å². The Hall–Kier alpha value is -1.52. The van der Waals surface area contributed by atoms with Crippen LogP contribution in [0.15, 0.2) is 29.8 Å². The third kappa shape index (κ3) is 2.66. The summed E-state index contributed by atoms with van der Waals surface area (Å²) in [4.78, 5) is 22.9. The molecule has 0 saturated heterocycles. The number of ether oxygens (including phenoxy) is 2. The molecule has 0 aromatic heterocycles. The maximum atomic E-state index is 11.8. The van der Waals surface area contributed by atoms with Gasteiger partial charge in [-0.1, -0.05) is 23.2 Å². The van der Waals surface area contributed by atoms with Crippen LogP contribution in [-0.2, 0) is 14.3 Å². The second-order valence-corrected chi connectivity index (χ2v) is 4.50. The van der Waals surface area contributed by atoms with E-state index in [2.05, 4.69) is 0 Å². The lowest BCUT2D eigenvalue weighted by Gasteiger charge is -2.10. The van der Waals surface area contributed by atoms with Crippen LogP contribution in [0.2, 0.25) is 10.0 Å². The highest BCUT2D eigenvalue weighted by Crippen LogP contribution is 2.23. The van der Waals surface area contributed by atoms with Gasteiger partial charge in [0.15, 0.2) is 0 Å². The van der Waals surface area contributed by atoms with E-state index in [0.717, 1.165) is 0 Å². The topological polar surface area (TPSA) is 52.6 Å². The first-order chi connectivity index (χ1) is 8.47. The third-order valence-corrected chi connectivity index (χ3v) is 2.87. The van der Waals surface area contributed by atoms with Crippen molar-refractivity contribution in [3.8, 4) is 0 Å². The predicted octanol–water partition coefficient (Wildman–Crippen LogP) is 2.98. The molecule has 1 aliphatic rings. The monoisotopic (exact) mass is 286 g/mol. The smallest absolute Gasteiger partial charge is 0.343 e. The number of halogens is 2. The molecular formula is C12H8Cl2O4. The summed E-state index contributed by atoms with van der Waals surface area (Å²) in [6, 6.07) is 4.43. The van der Waals surface area contributed by atoms with E-state index in [4.69, 9.17) is 32.7 Å². The number of hydrogen-bond donors (Lipinski definition) is 0. The Morgan fingerprint density at radius 1 is 1.39 bits per heavy atom. The van der Waals surface area contributed by atoms with Crippen molar-refractivity contribution in [1.82, 2.24) is 0 Å². The molecule has 18 heavy (non-hydrogen) atoms. The van der Waals surface area contributed by atoms with E-state index in [9.17, 15) is 9.59 Å². The van der Waals surface area contributed by atoms with Crippen LogP contribution < -0.4 is 0 Å². The van der Waals surface area contributed by atoms with Gasteiger partial charge >= 0.3 is 11.9 Å². The van der Waals surface area contributed by atoms with E-state index in [1.54, 1.807) is 13.0 Å². The molecule has 0 N–H and O–H groups in total. The lowest BCUT2D eigenvalue weighted by Crippen LogP contribution is -2.18. The van der Waals surface area contributed by atoms with Gasteiger partial charge in [-0.2, -0.15) is 0 Å². The molecule has 1 aliphatic heterocycles. The Labute approximate surface area is 113 Å². The van der Waals surface area contributed by atoms with Crippen molar-refractivity contribution in [2.45, 2.75) is 13.2 Å². The fraction of sp³-hybridized carbons (Fsp3) is 0.167. The third-order valence-electron chi connectivity index (χ3n) is 2.30. The molecule has 0 unspecified atom stereocenters. The molecule has 1 aromatic carbocycles. The van der Waals surface area contributed by atoms with E-state index in [1.165, 1.54) is 18.2 Å². The van der Waals surface area contributed by atoms with Gasteiger partial charge in [0.05, 0.1) is 10.6 Å². The van der Waals surface area contributed by atoms with E-state index >= 15 is 0 Å². The van der Waals surface area contributed by atoms with Crippen molar-refractivity contribution >= 4 is 35.1 Å². The van der Waals surface area contributed by atoms with Gasteiger partial charge in [0.2, 0.25) is 0 Å². The molecule has 0 aliphatic carbocycles. The average Bonchev–Trinajstić information content (AvgIpc) is 2.61. The molecule has 1 aromatic rings. The van der Waals surface area contributed by atoms with Crippen LogP contribution in [0.3, 0.4) is 0 Å². The summed E-state index contributed by atoms with van der Waals surface area (Å²) in [5.74, 6) is -1.21. The molecule has 6 heteroatoms. The number of benzene rings is 1. The molecular weight excluding hydrogens is 279 g/mol. The maximum absolute atomic E-state index is 11.8. The lowest BCUT2D eigenvalue weighted by atomic mass is 10.2. The molecule has 0 radical (unpaired) electrons. The van der Waals surface area contributed by atoms with Crippen molar-refractivity contribution < 1.29 is 19.1 Å². The van der Waals surface area contributed by atoms with Crippen LogP contribution in [0.4, 0.5) is 0 Å². The predicted molar refractivity (Wildman–Crippen MR) is 65.5 cm³/mol. The van der Waals surface area contributed by atoms with Crippen LogP contribution in [0.1, 0.15) is 17.3 Å². The van der Waals surface area contributed by atoms with Crippen molar-refractivity contribution in [3.05, 3.63) is 45.5 Å². The molecule has 0 fully saturated rings. The Balaban J connectivity index is 2.14.